The molecule has 0 heterocycles. The van der Waals surface area contributed by atoms with Gasteiger partial charge in [0, 0.05) is 4.83 Å². The van der Waals surface area contributed by atoms with Gasteiger partial charge in [0.15, 0.2) is 0 Å². The van der Waals surface area contributed by atoms with Crippen molar-refractivity contribution in [3.05, 3.63) is 34.9 Å². The summed E-state index contributed by atoms with van der Waals surface area (Å²) in [6.07, 6.45) is 5.13. The summed E-state index contributed by atoms with van der Waals surface area (Å²) in [5.74, 6) is 0.752. The van der Waals surface area contributed by atoms with Crippen molar-refractivity contribution in [2.24, 2.45) is 5.92 Å². The third-order valence-corrected chi connectivity index (χ3v) is 4.07. The van der Waals surface area contributed by atoms with Crippen LogP contribution < -0.4 is 0 Å². The van der Waals surface area contributed by atoms with Crippen LogP contribution in [0, 0.1) is 5.92 Å². The van der Waals surface area contributed by atoms with Gasteiger partial charge in [-0.25, -0.2) is 0 Å². The lowest BCUT2D eigenvalue weighted by molar-refractivity contribution is 0.583. The third-order valence-electron chi connectivity index (χ3n) is 3.16. The van der Waals surface area contributed by atoms with Crippen LogP contribution in [-0.4, -0.2) is 0 Å². The van der Waals surface area contributed by atoms with Gasteiger partial charge in [-0.05, 0) is 48.3 Å². The van der Waals surface area contributed by atoms with E-state index in [1.54, 1.807) is 11.1 Å². The Morgan fingerprint density at radius 1 is 1.20 bits per heavy atom. The van der Waals surface area contributed by atoms with Crippen molar-refractivity contribution in [2.75, 3.05) is 0 Å². The van der Waals surface area contributed by atoms with E-state index in [1.165, 1.54) is 31.2 Å². The Kier molecular flexibility index (Phi) is 3.50. The van der Waals surface area contributed by atoms with E-state index in [0.717, 1.165) is 5.92 Å². The van der Waals surface area contributed by atoms with E-state index < -0.39 is 0 Å². The summed E-state index contributed by atoms with van der Waals surface area (Å²) in [4.78, 5) is 0.531. The lowest BCUT2D eigenvalue weighted by Gasteiger charge is -2.14. The summed E-state index contributed by atoms with van der Waals surface area (Å²) >= 11 is 3.79. The third kappa shape index (κ3) is 2.63. The topological polar surface area (TPSA) is 0 Å². The molecule has 1 unspecified atom stereocenters. The molecule has 0 saturated heterocycles. The van der Waals surface area contributed by atoms with E-state index in [-0.39, 0.29) is 0 Å². The quantitative estimate of drug-likeness (QED) is 0.699. The van der Waals surface area contributed by atoms with Gasteiger partial charge in [0.05, 0.1) is 0 Å². The molecule has 1 heteroatoms. The number of aryl methyl sites for hydroxylation is 2. The molecular weight excluding hydrogens is 248 g/mol. The Hall–Kier alpha value is -0.300. The molecule has 1 aliphatic rings. The fourth-order valence-electron chi connectivity index (χ4n) is 2.34. The molecule has 0 radical (unpaired) electrons. The molecule has 0 fully saturated rings. The molecule has 0 aliphatic heterocycles. The van der Waals surface area contributed by atoms with Gasteiger partial charge in [0.25, 0.3) is 0 Å². The molecule has 0 aromatic heterocycles. The Morgan fingerprint density at radius 2 is 1.93 bits per heavy atom. The maximum absolute atomic E-state index is 3.79. The van der Waals surface area contributed by atoms with Crippen molar-refractivity contribution in [1.29, 1.82) is 0 Å². The molecule has 0 amide bonds. The molecule has 1 atom stereocenters. The highest BCUT2D eigenvalue weighted by Crippen LogP contribution is 2.32. The molecule has 82 valence electrons. The fourth-order valence-corrected chi connectivity index (χ4v) is 3.37. The average Bonchev–Trinajstić information content (AvgIpc) is 2.62. The minimum absolute atomic E-state index is 0.531. The Labute approximate surface area is 101 Å². The minimum atomic E-state index is 0.531. The van der Waals surface area contributed by atoms with Crippen LogP contribution in [-0.2, 0) is 12.8 Å². The van der Waals surface area contributed by atoms with Gasteiger partial charge >= 0.3 is 0 Å². The van der Waals surface area contributed by atoms with Crippen molar-refractivity contribution < 1.29 is 0 Å². The highest BCUT2D eigenvalue weighted by molar-refractivity contribution is 9.09. The molecule has 1 aromatic carbocycles. The molecule has 15 heavy (non-hydrogen) atoms. The van der Waals surface area contributed by atoms with Crippen LogP contribution >= 0.6 is 15.9 Å². The maximum Gasteiger partial charge on any atom is 0.0397 e. The normalized spacial score (nSPS) is 16.8. The second-order valence-electron chi connectivity index (χ2n) is 4.98. The van der Waals surface area contributed by atoms with Crippen LogP contribution in [0.5, 0.6) is 0 Å². The van der Waals surface area contributed by atoms with E-state index in [0.29, 0.717) is 4.83 Å². The van der Waals surface area contributed by atoms with Crippen LogP contribution in [0.1, 0.15) is 48.2 Å². The number of halogens is 1. The largest absolute Gasteiger partial charge is 0.0839 e. The number of hydrogen-bond donors (Lipinski definition) is 0. The zero-order valence-electron chi connectivity index (χ0n) is 9.59. The average molecular weight is 267 g/mol. The van der Waals surface area contributed by atoms with Crippen molar-refractivity contribution in [3.63, 3.8) is 0 Å². The minimum Gasteiger partial charge on any atom is -0.0839 e. The smallest absolute Gasteiger partial charge is 0.0397 e. The predicted octanol–water partition coefficient (Wildman–Crippen LogP) is 4.66. The van der Waals surface area contributed by atoms with Crippen LogP contribution in [0.15, 0.2) is 18.2 Å². The standard InChI is InChI=1S/C14H19Br/c1-10(2)8-14(15)13-7-6-11-4-3-5-12(11)9-13/h6-7,9-10,14H,3-5,8H2,1-2H3. The summed E-state index contributed by atoms with van der Waals surface area (Å²) in [7, 11) is 0. The first kappa shape index (κ1) is 11.2. The van der Waals surface area contributed by atoms with Crippen LogP contribution in [0.4, 0.5) is 0 Å². The highest BCUT2D eigenvalue weighted by Gasteiger charge is 2.14. The van der Waals surface area contributed by atoms with Gasteiger partial charge in [-0.2, -0.15) is 0 Å². The van der Waals surface area contributed by atoms with E-state index in [1.807, 2.05) is 0 Å². The van der Waals surface area contributed by atoms with Crippen LogP contribution in [0.25, 0.3) is 0 Å². The zero-order valence-corrected chi connectivity index (χ0v) is 11.2. The van der Waals surface area contributed by atoms with Crippen molar-refractivity contribution in [2.45, 2.75) is 44.4 Å². The summed E-state index contributed by atoms with van der Waals surface area (Å²) in [5, 5.41) is 0. The van der Waals surface area contributed by atoms with Gasteiger partial charge in [-0.15, -0.1) is 0 Å². The van der Waals surface area contributed by atoms with E-state index in [9.17, 15) is 0 Å². The summed E-state index contributed by atoms with van der Waals surface area (Å²) in [6, 6.07) is 7.03. The van der Waals surface area contributed by atoms with Crippen LogP contribution in [0.2, 0.25) is 0 Å². The molecule has 0 N–H and O–H groups in total. The first-order chi connectivity index (χ1) is 7.16. The molecule has 0 spiro atoms. The van der Waals surface area contributed by atoms with Crippen LogP contribution in [0.3, 0.4) is 0 Å². The molecule has 1 aromatic rings. The number of fused-ring (bicyclic) bond motifs is 1. The first-order valence-corrected chi connectivity index (χ1v) is 6.84. The molecular formula is C14H19Br. The maximum atomic E-state index is 3.79. The van der Waals surface area contributed by atoms with Gasteiger partial charge in [0.1, 0.15) is 0 Å². The predicted molar refractivity (Wildman–Crippen MR) is 69.6 cm³/mol. The molecule has 1 aliphatic carbocycles. The summed E-state index contributed by atoms with van der Waals surface area (Å²) in [5.41, 5.74) is 4.62. The SMILES string of the molecule is CC(C)CC(Br)c1ccc2c(c1)CCC2. The highest BCUT2D eigenvalue weighted by atomic mass is 79.9. The van der Waals surface area contributed by atoms with Crippen molar-refractivity contribution in [3.8, 4) is 0 Å². The van der Waals surface area contributed by atoms with Gasteiger partial charge in [-0.1, -0.05) is 48.0 Å². The molecule has 0 bridgehead atoms. The van der Waals surface area contributed by atoms with Gasteiger partial charge in [0.2, 0.25) is 0 Å². The number of benzene rings is 1. The second-order valence-corrected chi connectivity index (χ2v) is 6.08. The molecule has 2 rings (SSSR count). The van der Waals surface area contributed by atoms with E-state index in [2.05, 4.69) is 48.0 Å². The fraction of sp³-hybridized carbons (Fsp3) is 0.571. The summed E-state index contributed by atoms with van der Waals surface area (Å²) in [6.45, 7) is 4.56. The Balaban J connectivity index is 2.15. The number of hydrogen-bond acceptors (Lipinski definition) is 0. The Morgan fingerprint density at radius 3 is 2.67 bits per heavy atom. The van der Waals surface area contributed by atoms with Gasteiger partial charge in [-0.3, -0.25) is 0 Å². The second kappa shape index (κ2) is 4.69. The van der Waals surface area contributed by atoms with Crippen molar-refractivity contribution in [1.82, 2.24) is 0 Å². The van der Waals surface area contributed by atoms with E-state index in [4.69, 9.17) is 0 Å². The van der Waals surface area contributed by atoms with Crippen molar-refractivity contribution >= 4 is 15.9 Å². The van der Waals surface area contributed by atoms with Gasteiger partial charge < -0.3 is 0 Å². The molecule has 0 saturated carbocycles. The molecule has 0 nitrogen and oxygen atoms in total. The monoisotopic (exact) mass is 266 g/mol. The van der Waals surface area contributed by atoms with E-state index >= 15 is 0 Å². The lowest BCUT2D eigenvalue weighted by atomic mass is 9.99. The number of rotatable bonds is 3. The number of alkyl halides is 1. The lowest BCUT2D eigenvalue weighted by Crippen LogP contribution is -1.97. The Bertz CT molecular complexity index is 341. The zero-order chi connectivity index (χ0) is 10.8. The first-order valence-electron chi connectivity index (χ1n) is 5.92. The summed E-state index contributed by atoms with van der Waals surface area (Å²) < 4.78 is 0.